The number of rotatable bonds is 4. The number of hydrogen-bond donors (Lipinski definition) is 0. The minimum absolute atomic E-state index is 0.0185. The van der Waals surface area contributed by atoms with Gasteiger partial charge in [-0.3, -0.25) is 0 Å². The lowest BCUT2D eigenvalue weighted by Crippen LogP contribution is -2.43. The lowest BCUT2D eigenvalue weighted by atomic mass is 10.1. The molecule has 1 heterocycles. The van der Waals surface area contributed by atoms with Gasteiger partial charge in [0, 0.05) is 26.1 Å². The molecule has 4 nitrogen and oxygen atoms in total. The summed E-state index contributed by atoms with van der Waals surface area (Å²) in [5, 5.41) is 0. The van der Waals surface area contributed by atoms with Crippen molar-refractivity contribution in [3.8, 4) is 0 Å². The zero-order valence-corrected chi connectivity index (χ0v) is 13.4. The molecule has 0 saturated carbocycles. The standard InChI is InChI=1S/C14H20ClNO3S/c1-11-12(9-15)5-3-7-14(11)20(17,18)16-8-4-6-13(10-16)19-2/h3,5,7,13H,4,6,8-10H2,1-2H3. The van der Waals surface area contributed by atoms with E-state index in [1.54, 1.807) is 19.2 Å². The minimum atomic E-state index is -3.47. The van der Waals surface area contributed by atoms with Gasteiger partial charge >= 0.3 is 0 Å². The molecule has 0 N–H and O–H groups in total. The molecule has 0 bridgehead atoms. The number of benzene rings is 1. The number of ether oxygens (including phenoxy) is 1. The molecule has 0 radical (unpaired) electrons. The average molecular weight is 318 g/mol. The van der Waals surface area contributed by atoms with E-state index >= 15 is 0 Å². The number of alkyl halides is 1. The Balaban J connectivity index is 2.35. The fraction of sp³-hybridized carbons (Fsp3) is 0.571. The third kappa shape index (κ3) is 3.01. The van der Waals surface area contributed by atoms with Gasteiger partial charge in [0.2, 0.25) is 10.0 Å². The van der Waals surface area contributed by atoms with Crippen molar-refractivity contribution in [2.45, 2.75) is 36.6 Å². The molecule has 1 fully saturated rings. The Hall–Kier alpha value is -0.620. The zero-order valence-electron chi connectivity index (χ0n) is 11.8. The first-order chi connectivity index (χ1) is 9.50. The molecule has 1 aliphatic heterocycles. The second-order valence-electron chi connectivity index (χ2n) is 5.04. The number of piperidine rings is 1. The molecule has 1 aromatic carbocycles. The SMILES string of the molecule is COC1CCCN(S(=O)(=O)c2cccc(CCl)c2C)C1. The predicted molar refractivity (Wildman–Crippen MR) is 79.5 cm³/mol. The summed E-state index contributed by atoms with van der Waals surface area (Å²) in [6, 6.07) is 5.25. The van der Waals surface area contributed by atoms with E-state index in [9.17, 15) is 8.42 Å². The first kappa shape index (κ1) is 15.8. The molecule has 0 aromatic heterocycles. The fourth-order valence-electron chi connectivity index (χ4n) is 2.54. The summed E-state index contributed by atoms with van der Waals surface area (Å²) >= 11 is 5.86. The molecule has 20 heavy (non-hydrogen) atoms. The normalized spacial score (nSPS) is 21.1. The summed E-state index contributed by atoms with van der Waals surface area (Å²) in [5.74, 6) is 0.315. The molecule has 1 aliphatic rings. The highest BCUT2D eigenvalue weighted by molar-refractivity contribution is 7.89. The Morgan fingerprint density at radius 2 is 2.20 bits per heavy atom. The van der Waals surface area contributed by atoms with E-state index in [-0.39, 0.29) is 6.10 Å². The van der Waals surface area contributed by atoms with Gasteiger partial charge in [0.1, 0.15) is 0 Å². The summed E-state index contributed by atoms with van der Waals surface area (Å²) in [4.78, 5) is 0.354. The van der Waals surface area contributed by atoms with Crippen LogP contribution in [-0.2, 0) is 20.6 Å². The summed E-state index contributed by atoms with van der Waals surface area (Å²) < 4.78 is 32.3. The maximum Gasteiger partial charge on any atom is 0.243 e. The maximum absolute atomic E-state index is 12.8. The lowest BCUT2D eigenvalue weighted by Gasteiger charge is -2.31. The van der Waals surface area contributed by atoms with E-state index in [2.05, 4.69) is 0 Å². The molecule has 0 amide bonds. The highest BCUT2D eigenvalue weighted by Crippen LogP contribution is 2.26. The number of sulfonamides is 1. The quantitative estimate of drug-likeness (QED) is 0.802. The molecule has 0 spiro atoms. The predicted octanol–water partition coefficient (Wildman–Crippen LogP) is 2.53. The Kier molecular flexibility index (Phi) is 5.07. The summed E-state index contributed by atoms with van der Waals surface area (Å²) in [5.41, 5.74) is 1.59. The fourth-order valence-corrected chi connectivity index (χ4v) is 4.61. The van der Waals surface area contributed by atoms with Crippen molar-refractivity contribution in [2.24, 2.45) is 0 Å². The molecule has 0 aliphatic carbocycles. The molecular formula is C14H20ClNO3S. The van der Waals surface area contributed by atoms with Crippen LogP contribution >= 0.6 is 11.6 Å². The second kappa shape index (κ2) is 6.43. The van der Waals surface area contributed by atoms with Gasteiger partial charge in [-0.25, -0.2) is 8.42 Å². The molecule has 2 rings (SSSR count). The van der Waals surface area contributed by atoms with Crippen LogP contribution in [0.3, 0.4) is 0 Å². The number of halogens is 1. The molecule has 1 unspecified atom stereocenters. The first-order valence-electron chi connectivity index (χ1n) is 6.68. The first-order valence-corrected chi connectivity index (χ1v) is 8.65. The highest BCUT2D eigenvalue weighted by Gasteiger charge is 2.31. The smallest absolute Gasteiger partial charge is 0.243 e. The van der Waals surface area contributed by atoms with Crippen molar-refractivity contribution in [3.05, 3.63) is 29.3 Å². The van der Waals surface area contributed by atoms with E-state index in [0.717, 1.165) is 24.0 Å². The lowest BCUT2D eigenvalue weighted by molar-refractivity contribution is 0.0572. The van der Waals surface area contributed by atoms with Gasteiger partial charge < -0.3 is 4.74 Å². The van der Waals surface area contributed by atoms with Crippen molar-refractivity contribution in [1.29, 1.82) is 0 Å². The van der Waals surface area contributed by atoms with E-state index in [4.69, 9.17) is 16.3 Å². The third-order valence-electron chi connectivity index (χ3n) is 3.83. The highest BCUT2D eigenvalue weighted by atomic mass is 35.5. The Bertz CT molecular complexity index is 574. The molecule has 1 aromatic rings. The minimum Gasteiger partial charge on any atom is -0.380 e. The van der Waals surface area contributed by atoms with Crippen LogP contribution in [-0.4, -0.2) is 39.0 Å². The Morgan fingerprint density at radius 3 is 2.85 bits per heavy atom. The van der Waals surface area contributed by atoms with Crippen LogP contribution in [0, 0.1) is 6.92 Å². The molecule has 1 atom stereocenters. The van der Waals surface area contributed by atoms with Gasteiger partial charge in [-0.05, 0) is 37.0 Å². The largest absolute Gasteiger partial charge is 0.380 e. The van der Waals surface area contributed by atoms with Gasteiger partial charge in [0.25, 0.3) is 0 Å². The number of methoxy groups -OCH3 is 1. The average Bonchev–Trinajstić information content (AvgIpc) is 2.47. The van der Waals surface area contributed by atoms with E-state index in [1.807, 2.05) is 13.0 Å². The third-order valence-corrected chi connectivity index (χ3v) is 6.13. The van der Waals surface area contributed by atoms with Crippen LogP contribution < -0.4 is 0 Å². The molecule has 112 valence electrons. The van der Waals surface area contributed by atoms with Crippen LogP contribution in [0.4, 0.5) is 0 Å². The second-order valence-corrected chi connectivity index (χ2v) is 7.21. The van der Waals surface area contributed by atoms with E-state index in [0.29, 0.717) is 23.9 Å². The van der Waals surface area contributed by atoms with E-state index < -0.39 is 10.0 Å². The van der Waals surface area contributed by atoms with Gasteiger partial charge in [0.15, 0.2) is 0 Å². The van der Waals surface area contributed by atoms with Crippen molar-refractivity contribution in [2.75, 3.05) is 20.2 Å². The molecule has 6 heteroatoms. The van der Waals surface area contributed by atoms with Crippen molar-refractivity contribution >= 4 is 21.6 Å². The Labute approximate surface area is 125 Å². The van der Waals surface area contributed by atoms with Gasteiger partial charge in [-0.15, -0.1) is 11.6 Å². The van der Waals surface area contributed by atoms with Gasteiger partial charge in [0.05, 0.1) is 11.0 Å². The summed E-state index contributed by atoms with van der Waals surface area (Å²) in [6.45, 7) is 2.78. The number of hydrogen-bond acceptors (Lipinski definition) is 3. The van der Waals surface area contributed by atoms with E-state index in [1.165, 1.54) is 4.31 Å². The van der Waals surface area contributed by atoms with Crippen molar-refractivity contribution in [1.82, 2.24) is 4.31 Å². The topological polar surface area (TPSA) is 46.6 Å². The van der Waals surface area contributed by atoms with Gasteiger partial charge in [-0.1, -0.05) is 12.1 Å². The number of nitrogens with zero attached hydrogens (tertiary/aromatic N) is 1. The van der Waals surface area contributed by atoms with Crippen molar-refractivity contribution < 1.29 is 13.2 Å². The van der Waals surface area contributed by atoms with Crippen LogP contribution in [0.1, 0.15) is 24.0 Å². The molecule has 1 saturated heterocycles. The van der Waals surface area contributed by atoms with Gasteiger partial charge in [-0.2, -0.15) is 4.31 Å². The summed E-state index contributed by atoms with van der Waals surface area (Å²) in [6.07, 6.45) is 1.71. The monoisotopic (exact) mass is 317 g/mol. The van der Waals surface area contributed by atoms with Crippen molar-refractivity contribution in [3.63, 3.8) is 0 Å². The molecular weight excluding hydrogens is 298 g/mol. The Morgan fingerprint density at radius 1 is 1.45 bits per heavy atom. The maximum atomic E-state index is 12.8. The zero-order chi connectivity index (χ0) is 14.8. The van der Waals surface area contributed by atoms with Crippen LogP contribution in [0.25, 0.3) is 0 Å². The van der Waals surface area contributed by atoms with Crippen LogP contribution in [0.2, 0.25) is 0 Å². The van der Waals surface area contributed by atoms with Crippen LogP contribution in [0.5, 0.6) is 0 Å². The summed E-state index contributed by atoms with van der Waals surface area (Å²) in [7, 11) is -1.85. The van der Waals surface area contributed by atoms with Crippen LogP contribution in [0.15, 0.2) is 23.1 Å².